The van der Waals surface area contributed by atoms with E-state index in [0.29, 0.717) is 46.4 Å². The quantitative estimate of drug-likeness (QED) is 0.153. The molecule has 0 aliphatic heterocycles. The van der Waals surface area contributed by atoms with E-state index in [-0.39, 0.29) is 0 Å². The molecule has 6 aromatic carbocycles. The molecule has 8 aromatic rings. The predicted octanol–water partition coefficient (Wildman–Crippen LogP) is 11.6. The summed E-state index contributed by atoms with van der Waals surface area (Å²) in [7, 11) is 0. The number of nitrogens with zero attached hydrogens (tertiary/aromatic N) is 7. The predicted molar refractivity (Wildman–Crippen MR) is 227 cm³/mol. The van der Waals surface area contributed by atoms with Crippen LogP contribution in [0.15, 0.2) is 176 Å². The molecule has 0 radical (unpaired) electrons. The third-order valence-corrected chi connectivity index (χ3v) is 10.0. The van der Waals surface area contributed by atoms with E-state index in [0.717, 1.165) is 62.1 Å². The molecule has 57 heavy (non-hydrogen) atoms. The zero-order valence-electron chi connectivity index (χ0n) is 31.2. The molecule has 0 amide bonds. The molecule has 0 bridgehead atoms. The molecule has 0 N–H and O–H groups in total. The van der Waals surface area contributed by atoms with Gasteiger partial charge in [0.1, 0.15) is 6.07 Å². The summed E-state index contributed by atoms with van der Waals surface area (Å²) in [5.74, 6) is 3.81. The Hall–Kier alpha value is -7.69. The van der Waals surface area contributed by atoms with Crippen molar-refractivity contribution < 1.29 is 0 Å². The number of nitriles is 1. The first-order valence-corrected chi connectivity index (χ1v) is 18.9. The fourth-order valence-electron chi connectivity index (χ4n) is 7.24. The highest BCUT2D eigenvalue weighted by Gasteiger charge is 2.22. The van der Waals surface area contributed by atoms with E-state index < -0.39 is 0 Å². The van der Waals surface area contributed by atoms with Gasteiger partial charge in [0.05, 0.1) is 5.56 Å². The van der Waals surface area contributed by atoms with Gasteiger partial charge >= 0.3 is 0 Å². The molecule has 0 saturated heterocycles. The molecule has 7 heteroatoms. The Morgan fingerprint density at radius 3 is 1.23 bits per heavy atom. The van der Waals surface area contributed by atoms with Gasteiger partial charge in [0.2, 0.25) is 0 Å². The summed E-state index contributed by atoms with van der Waals surface area (Å²) in [6.45, 7) is 2.19. The molecule has 0 fully saturated rings. The summed E-state index contributed by atoms with van der Waals surface area (Å²) in [6, 6.07) is 54.3. The van der Waals surface area contributed by atoms with Gasteiger partial charge in [0, 0.05) is 38.9 Å². The first kappa shape index (κ1) is 35.0. The van der Waals surface area contributed by atoms with E-state index in [1.165, 1.54) is 0 Å². The Bertz CT molecular complexity index is 2780. The van der Waals surface area contributed by atoms with Crippen molar-refractivity contribution in [3.8, 4) is 85.3 Å². The van der Waals surface area contributed by atoms with Crippen molar-refractivity contribution in [2.24, 2.45) is 5.92 Å². The summed E-state index contributed by atoms with van der Waals surface area (Å²) in [4.78, 5) is 30.1. The SMILES string of the molecule is CC1C=CC=C(c2nc(-c3ccccc3)nc(-c3ccccc3-c3cccc(-c4ccccc4-c4nc(-c5ccccc5)nc(-c5ccccc5)n4)c3C#N)n2)C1. The molecule has 1 unspecified atom stereocenters. The molecular weight excluding hydrogens is 699 g/mol. The fraction of sp³-hybridized carbons (Fsp3) is 0.0600. The van der Waals surface area contributed by atoms with E-state index in [1.807, 2.05) is 158 Å². The highest BCUT2D eigenvalue weighted by Crippen LogP contribution is 2.40. The van der Waals surface area contributed by atoms with Crippen molar-refractivity contribution in [3.05, 3.63) is 187 Å². The lowest BCUT2D eigenvalue weighted by molar-refractivity contribution is 0.742. The zero-order chi connectivity index (χ0) is 38.6. The first-order valence-electron chi connectivity index (χ1n) is 18.9. The van der Waals surface area contributed by atoms with E-state index in [1.54, 1.807) is 0 Å². The van der Waals surface area contributed by atoms with Crippen LogP contribution in [0.3, 0.4) is 0 Å². The molecule has 2 aromatic heterocycles. The average molecular weight is 734 g/mol. The number of hydrogen-bond acceptors (Lipinski definition) is 7. The smallest absolute Gasteiger partial charge is 0.164 e. The van der Waals surface area contributed by atoms with Gasteiger partial charge in [0.25, 0.3) is 0 Å². The number of rotatable bonds is 8. The second kappa shape index (κ2) is 15.6. The van der Waals surface area contributed by atoms with Crippen molar-refractivity contribution in [3.63, 3.8) is 0 Å². The molecule has 0 saturated carbocycles. The maximum atomic E-state index is 11.0. The van der Waals surface area contributed by atoms with Gasteiger partial charge in [-0.2, -0.15) is 5.26 Å². The molecule has 0 spiro atoms. The molecule has 1 atom stereocenters. The third kappa shape index (κ3) is 7.16. The average Bonchev–Trinajstić information content (AvgIpc) is 3.29. The molecule has 1 aliphatic rings. The van der Waals surface area contributed by atoms with Gasteiger partial charge in [0.15, 0.2) is 34.9 Å². The standard InChI is InChI=1S/C50H35N7/c1-33-17-15-24-37(31-33)48-53-47(36-22-9-4-10-23-36)56-50(57-48)43-28-14-12-26-39(43)41-30-16-29-40(44(41)32-51)38-25-11-13-27-42(38)49-54-45(34-18-5-2-6-19-34)52-46(55-49)35-20-7-3-8-21-35/h2-30,33H,31H2,1H3. The number of aromatic nitrogens is 6. The van der Waals surface area contributed by atoms with Crippen LogP contribution in [-0.4, -0.2) is 29.9 Å². The molecular formula is C50H35N7. The second-order valence-electron chi connectivity index (χ2n) is 13.9. The number of hydrogen-bond donors (Lipinski definition) is 0. The highest BCUT2D eigenvalue weighted by atomic mass is 15.0. The van der Waals surface area contributed by atoms with Crippen LogP contribution in [0.5, 0.6) is 0 Å². The van der Waals surface area contributed by atoms with Gasteiger partial charge in [-0.3, -0.25) is 0 Å². The Balaban J connectivity index is 1.20. The van der Waals surface area contributed by atoms with Gasteiger partial charge in [-0.05, 0) is 29.0 Å². The number of benzene rings is 6. The van der Waals surface area contributed by atoms with Gasteiger partial charge in [-0.15, -0.1) is 0 Å². The van der Waals surface area contributed by atoms with Crippen molar-refractivity contribution in [2.45, 2.75) is 13.3 Å². The van der Waals surface area contributed by atoms with Crippen LogP contribution in [0.4, 0.5) is 0 Å². The molecule has 9 rings (SSSR count). The van der Waals surface area contributed by atoms with Gasteiger partial charge < -0.3 is 0 Å². The zero-order valence-corrected chi connectivity index (χ0v) is 31.2. The summed E-state index contributed by atoms with van der Waals surface area (Å²) in [5, 5.41) is 11.0. The molecule has 2 heterocycles. The lowest BCUT2D eigenvalue weighted by atomic mass is 9.88. The fourth-order valence-corrected chi connectivity index (χ4v) is 7.24. The summed E-state index contributed by atoms with van der Waals surface area (Å²) in [6.07, 6.45) is 7.19. The lowest BCUT2D eigenvalue weighted by Gasteiger charge is -2.17. The van der Waals surface area contributed by atoms with E-state index in [9.17, 15) is 5.26 Å². The van der Waals surface area contributed by atoms with Crippen LogP contribution in [-0.2, 0) is 0 Å². The van der Waals surface area contributed by atoms with Crippen molar-refractivity contribution in [1.82, 2.24) is 29.9 Å². The minimum absolute atomic E-state index is 0.369. The number of allylic oxidation sites excluding steroid dienone is 4. The van der Waals surface area contributed by atoms with Crippen LogP contribution in [0.1, 0.15) is 24.7 Å². The highest BCUT2D eigenvalue weighted by molar-refractivity contribution is 5.92. The summed E-state index contributed by atoms with van der Waals surface area (Å²) in [5.41, 5.74) is 9.04. The van der Waals surface area contributed by atoms with E-state index in [4.69, 9.17) is 29.9 Å². The minimum atomic E-state index is 0.369. The van der Waals surface area contributed by atoms with Crippen molar-refractivity contribution >= 4 is 5.57 Å². The lowest BCUT2D eigenvalue weighted by Crippen LogP contribution is -2.06. The van der Waals surface area contributed by atoms with Crippen molar-refractivity contribution in [1.29, 1.82) is 5.26 Å². The minimum Gasteiger partial charge on any atom is -0.209 e. The third-order valence-electron chi connectivity index (χ3n) is 10.0. The van der Waals surface area contributed by atoms with Gasteiger partial charge in [-0.25, -0.2) is 29.9 Å². The topological polar surface area (TPSA) is 101 Å². The van der Waals surface area contributed by atoms with E-state index in [2.05, 4.69) is 31.2 Å². The molecule has 7 nitrogen and oxygen atoms in total. The van der Waals surface area contributed by atoms with Crippen LogP contribution in [0, 0.1) is 17.2 Å². The Morgan fingerprint density at radius 1 is 0.421 bits per heavy atom. The molecule has 270 valence electrons. The maximum absolute atomic E-state index is 11.0. The van der Waals surface area contributed by atoms with Crippen molar-refractivity contribution in [2.75, 3.05) is 0 Å². The molecule has 1 aliphatic carbocycles. The largest absolute Gasteiger partial charge is 0.209 e. The summed E-state index contributed by atoms with van der Waals surface area (Å²) >= 11 is 0. The monoisotopic (exact) mass is 733 g/mol. The normalized spacial score (nSPS) is 13.5. The van der Waals surface area contributed by atoms with Gasteiger partial charge in [-0.1, -0.05) is 183 Å². The van der Waals surface area contributed by atoms with Crippen LogP contribution >= 0.6 is 0 Å². The Morgan fingerprint density at radius 2 is 0.789 bits per heavy atom. The van der Waals surface area contributed by atoms with Crippen LogP contribution in [0.25, 0.3) is 84.8 Å². The first-order chi connectivity index (χ1) is 28.1. The van der Waals surface area contributed by atoms with Crippen LogP contribution in [0.2, 0.25) is 0 Å². The van der Waals surface area contributed by atoms with E-state index >= 15 is 0 Å². The maximum Gasteiger partial charge on any atom is 0.164 e. The summed E-state index contributed by atoms with van der Waals surface area (Å²) < 4.78 is 0. The Kier molecular flexibility index (Phi) is 9.58. The Labute approximate surface area is 331 Å². The second-order valence-corrected chi connectivity index (χ2v) is 13.9. The van der Waals surface area contributed by atoms with Crippen LogP contribution < -0.4 is 0 Å².